The number of allylic oxidation sites excluding steroid dienone is 2. The van der Waals surface area contributed by atoms with Gasteiger partial charge in [0.15, 0.2) is 5.78 Å². The number of carbonyl (C=O) groups excluding carboxylic acids is 1. The molecule has 0 saturated carbocycles. The predicted octanol–water partition coefficient (Wildman–Crippen LogP) is 2.73. The van der Waals surface area contributed by atoms with E-state index >= 15 is 0 Å². The van der Waals surface area contributed by atoms with Gasteiger partial charge in [0.25, 0.3) is 0 Å². The molecule has 1 heteroatoms. The van der Waals surface area contributed by atoms with Crippen molar-refractivity contribution in [2.24, 2.45) is 0 Å². The largest absolute Gasteiger partial charge is 0.295 e. The molecular weight excluding hydrogens is 124 g/mol. The molecule has 0 aromatic rings. The van der Waals surface area contributed by atoms with Crippen molar-refractivity contribution < 1.29 is 4.79 Å². The number of rotatable bonds is 3. The molecule has 0 unspecified atom stereocenters. The van der Waals surface area contributed by atoms with E-state index in [4.69, 9.17) is 0 Å². The Balaban J connectivity index is 0. The maximum absolute atomic E-state index is 10.3. The monoisotopic (exact) mass is 140 g/mol. The summed E-state index contributed by atoms with van der Waals surface area (Å²) in [4.78, 5) is 10.3. The van der Waals surface area contributed by atoms with Crippen LogP contribution in [0.4, 0.5) is 0 Å². The van der Waals surface area contributed by atoms with Crippen LogP contribution in [-0.2, 0) is 4.79 Å². The maximum atomic E-state index is 10.3. The molecule has 0 amide bonds. The number of carbonyl (C=O) groups is 1. The summed E-state index contributed by atoms with van der Waals surface area (Å²) in [7, 11) is 0. The summed E-state index contributed by atoms with van der Waals surface area (Å²) in [6.45, 7) is 10.6. The van der Waals surface area contributed by atoms with Gasteiger partial charge in [0, 0.05) is 6.42 Å². The van der Waals surface area contributed by atoms with Crippen LogP contribution in [0.3, 0.4) is 0 Å². The summed E-state index contributed by atoms with van der Waals surface area (Å²) in [5, 5.41) is 0. The van der Waals surface area contributed by atoms with Crippen molar-refractivity contribution in [2.45, 2.75) is 26.7 Å². The number of hydrogen-bond donors (Lipinski definition) is 0. The molecule has 0 bridgehead atoms. The Labute approximate surface area is 63.4 Å². The van der Waals surface area contributed by atoms with Gasteiger partial charge in [0.1, 0.15) is 0 Å². The van der Waals surface area contributed by atoms with Gasteiger partial charge in [-0.1, -0.05) is 19.6 Å². The van der Waals surface area contributed by atoms with Gasteiger partial charge in [-0.05, 0) is 19.4 Å². The Morgan fingerprint density at radius 2 is 1.90 bits per heavy atom. The minimum absolute atomic E-state index is 0.141. The lowest BCUT2D eigenvalue weighted by Gasteiger charge is -1.82. The molecule has 0 spiro atoms. The van der Waals surface area contributed by atoms with Crippen molar-refractivity contribution in [3.05, 3.63) is 25.3 Å². The third kappa shape index (κ3) is 15.7. The van der Waals surface area contributed by atoms with Crippen LogP contribution in [0.2, 0.25) is 0 Å². The molecule has 10 heavy (non-hydrogen) atoms. The molecule has 0 aromatic heterocycles. The van der Waals surface area contributed by atoms with E-state index in [1.807, 2.05) is 13.8 Å². The van der Waals surface area contributed by atoms with Crippen molar-refractivity contribution in [3.63, 3.8) is 0 Å². The van der Waals surface area contributed by atoms with Gasteiger partial charge in [-0.2, -0.15) is 0 Å². The molecule has 0 aliphatic carbocycles. The number of ketones is 1. The molecule has 0 atom stereocenters. The average Bonchev–Trinajstić information content (AvgIpc) is 1.90. The van der Waals surface area contributed by atoms with E-state index < -0.39 is 0 Å². The second-order valence-corrected chi connectivity index (χ2v) is 1.83. The first-order valence-electron chi connectivity index (χ1n) is 3.45. The highest BCUT2D eigenvalue weighted by Gasteiger charge is 1.87. The zero-order valence-corrected chi connectivity index (χ0v) is 6.89. The minimum atomic E-state index is 0.141. The summed E-state index contributed by atoms with van der Waals surface area (Å²) in [5.74, 6) is 0.141. The normalized spacial score (nSPS) is 7.00. The van der Waals surface area contributed by atoms with Crippen LogP contribution >= 0.6 is 0 Å². The predicted molar refractivity (Wildman–Crippen MR) is 46.0 cm³/mol. The molecule has 58 valence electrons. The minimum Gasteiger partial charge on any atom is -0.295 e. The Hall–Kier alpha value is -0.850. The third-order valence-corrected chi connectivity index (χ3v) is 0.724. The molecule has 0 radical (unpaired) electrons. The van der Waals surface area contributed by atoms with Gasteiger partial charge in [-0.15, -0.1) is 6.58 Å². The zero-order valence-electron chi connectivity index (χ0n) is 6.89. The topological polar surface area (TPSA) is 17.1 Å². The Bertz CT molecular complexity index is 103. The highest BCUT2D eigenvalue weighted by atomic mass is 16.1. The molecule has 0 saturated heterocycles. The molecule has 0 aliphatic heterocycles. The highest BCUT2D eigenvalue weighted by Crippen LogP contribution is 1.87. The quantitative estimate of drug-likeness (QED) is 0.435. The van der Waals surface area contributed by atoms with Crippen LogP contribution in [0.15, 0.2) is 25.3 Å². The number of hydrogen-bond acceptors (Lipinski definition) is 1. The van der Waals surface area contributed by atoms with E-state index in [-0.39, 0.29) is 5.78 Å². The maximum Gasteiger partial charge on any atom is 0.155 e. The molecule has 0 heterocycles. The standard InChI is InChI=1S/C6H10O.C3H6/c1-3-5-6(7)4-2;1-3-2/h4H,2-3,5H2,1H3;3H,1H2,2H3. The zero-order chi connectivity index (χ0) is 8.41. The van der Waals surface area contributed by atoms with Crippen LogP contribution in [0.25, 0.3) is 0 Å². The van der Waals surface area contributed by atoms with Crippen LogP contribution in [0.5, 0.6) is 0 Å². The van der Waals surface area contributed by atoms with Crippen LogP contribution in [0, 0.1) is 0 Å². The van der Waals surface area contributed by atoms with Gasteiger partial charge in [0.05, 0.1) is 0 Å². The summed E-state index contributed by atoms with van der Waals surface area (Å²) >= 11 is 0. The lowest BCUT2D eigenvalue weighted by Crippen LogP contribution is -1.87. The second kappa shape index (κ2) is 11.0. The first kappa shape index (κ1) is 11.9. The molecule has 0 aliphatic rings. The SMILES string of the molecule is C=CC.C=CC(=O)CCC. The fourth-order valence-electron chi connectivity index (χ4n) is 0.348. The van der Waals surface area contributed by atoms with E-state index in [0.717, 1.165) is 6.42 Å². The Morgan fingerprint density at radius 1 is 1.50 bits per heavy atom. The first-order valence-corrected chi connectivity index (χ1v) is 3.45. The molecule has 0 aromatic carbocycles. The van der Waals surface area contributed by atoms with Gasteiger partial charge in [0.2, 0.25) is 0 Å². The lowest BCUT2D eigenvalue weighted by atomic mass is 10.2. The first-order chi connectivity index (χ1) is 4.72. The van der Waals surface area contributed by atoms with E-state index in [1.165, 1.54) is 6.08 Å². The van der Waals surface area contributed by atoms with E-state index in [2.05, 4.69) is 13.2 Å². The highest BCUT2D eigenvalue weighted by molar-refractivity contribution is 5.88. The van der Waals surface area contributed by atoms with Crippen molar-refractivity contribution in [2.75, 3.05) is 0 Å². The Kier molecular flexibility index (Phi) is 13.1. The Morgan fingerprint density at radius 3 is 2.00 bits per heavy atom. The lowest BCUT2D eigenvalue weighted by molar-refractivity contribution is -0.114. The van der Waals surface area contributed by atoms with Crippen molar-refractivity contribution in [1.29, 1.82) is 0 Å². The average molecular weight is 140 g/mol. The van der Waals surface area contributed by atoms with Crippen LogP contribution in [0.1, 0.15) is 26.7 Å². The van der Waals surface area contributed by atoms with E-state index in [1.54, 1.807) is 6.08 Å². The van der Waals surface area contributed by atoms with Crippen molar-refractivity contribution in [3.8, 4) is 0 Å². The molecule has 0 N–H and O–H groups in total. The van der Waals surface area contributed by atoms with E-state index in [0.29, 0.717) is 6.42 Å². The van der Waals surface area contributed by atoms with E-state index in [9.17, 15) is 4.79 Å². The van der Waals surface area contributed by atoms with Gasteiger partial charge in [-0.25, -0.2) is 0 Å². The van der Waals surface area contributed by atoms with Gasteiger partial charge >= 0.3 is 0 Å². The fourth-order valence-corrected chi connectivity index (χ4v) is 0.348. The summed E-state index contributed by atoms with van der Waals surface area (Å²) in [5.41, 5.74) is 0. The van der Waals surface area contributed by atoms with Crippen molar-refractivity contribution >= 4 is 5.78 Å². The van der Waals surface area contributed by atoms with Crippen molar-refractivity contribution in [1.82, 2.24) is 0 Å². The van der Waals surface area contributed by atoms with Crippen LogP contribution in [-0.4, -0.2) is 5.78 Å². The summed E-state index contributed by atoms with van der Waals surface area (Å²) < 4.78 is 0. The summed E-state index contributed by atoms with van der Waals surface area (Å²) in [6, 6.07) is 0. The van der Waals surface area contributed by atoms with Gasteiger partial charge < -0.3 is 0 Å². The fraction of sp³-hybridized carbons (Fsp3) is 0.444. The smallest absolute Gasteiger partial charge is 0.155 e. The molecule has 0 rings (SSSR count). The molecule has 0 fully saturated rings. The van der Waals surface area contributed by atoms with Gasteiger partial charge in [-0.3, -0.25) is 4.79 Å². The molecule has 1 nitrogen and oxygen atoms in total. The van der Waals surface area contributed by atoms with Crippen LogP contribution < -0.4 is 0 Å². The second-order valence-electron chi connectivity index (χ2n) is 1.83. The third-order valence-electron chi connectivity index (χ3n) is 0.724. The molecular formula is C9H16O. The summed E-state index contributed by atoms with van der Waals surface area (Å²) in [6.07, 6.45) is 4.68.